The average molecular weight is 331 g/mol. The number of piperidine rings is 1. The maximum absolute atomic E-state index is 12.3. The highest BCUT2D eigenvalue weighted by Crippen LogP contribution is 2.23. The maximum atomic E-state index is 12.3. The molecule has 0 aliphatic carbocycles. The molecule has 1 aliphatic heterocycles. The minimum Gasteiger partial charge on any atom is -0.336 e. The minimum absolute atomic E-state index is 0.0297. The zero-order valence-electron chi connectivity index (χ0n) is 10.6. The lowest BCUT2D eigenvalue weighted by Gasteiger charge is -2.32. The highest BCUT2D eigenvalue weighted by molar-refractivity contribution is 9.10. The van der Waals surface area contributed by atoms with E-state index in [9.17, 15) is 4.79 Å². The van der Waals surface area contributed by atoms with Crippen LogP contribution in [0.25, 0.3) is 0 Å². The molecule has 1 saturated heterocycles. The lowest BCUT2D eigenvalue weighted by molar-refractivity contribution is -0.136. The molecule has 1 atom stereocenters. The van der Waals surface area contributed by atoms with E-state index in [2.05, 4.69) is 39.6 Å². The summed E-state index contributed by atoms with van der Waals surface area (Å²) in [6.45, 7) is 4.69. The number of carbonyl (C=O) groups excluding carboxylic acids is 1. The zero-order valence-corrected chi connectivity index (χ0v) is 13.0. The molecule has 1 amide bonds. The van der Waals surface area contributed by atoms with Gasteiger partial charge in [0.25, 0.3) is 0 Å². The van der Waals surface area contributed by atoms with Gasteiger partial charge in [0.2, 0.25) is 5.91 Å². The predicted octanol–water partition coefficient (Wildman–Crippen LogP) is 3.00. The Bertz CT molecular complexity index is 407. The van der Waals surface area contributed by atoms with Crippen molar-refractivity contribution in [1.82, 2.24) is 10.2 Å². The van der Waals surface area contributed by atoms with Gasteiger partial charge < -0.3 is 10.2 Å². The molecule has 100 valence electrons. The van der Waals surface area contributed by atoms with Crippen LogP contribution in [0.3, 0.4) is 0 Å². The molecule has 1 N–H and O–H groups in total. The summed E-state index contributed by atoms with van der Waals surface area (Å²) in [6.07, 6.45) is 3.14. The van der Waals surface area contributed by atoms with Crippen LogP contribution in [-0.4, -0.2) is 29.9 Å². The van der Waals surface area contributed by atoms with Gasteiger partial charge in [-0.2, -0.15) is 0 Å². The number of halogens is 1. The normalized spacial score (nSPS) is 20.4. The van der Waals surface area contributed by atoms with Gasteiger partial charge in [0, 0.05) is 21.3 Å². The van der Waals surface area contributed by atoms with E-state index in [-0.39, 0.29) is 11.9 Å². The minimum atomic E-state index is 0.0297. The molecule has 0 saturated carbocycles. The van der Waals surface area contributed by atoms with Gasteiger partial charge in [0.1, 0.15) is 0 Å². The molecule has 0 bridgehead atoms. The number of thiophene rings is 1. The monoisotopic (exact) mass is 330 g/mol. The second-order valence-electron chi connectivity index (χ2n) is 4.64. The summed E-state index contributed by atoms with van der Waals surface area (Å²) in [5.74, 6) is 0.263. The predicted molar refractivity (Wildman–Crippen MR) is 78.8 cm³/mol. The Balaban J connectivity index is 1.93. The zero-order chi connectivity index (χ0) is 13.0. The summed E-state index contributed by atoms with van der Waals surface area (Å²) in [4.78, 5) is 15.5. The van der Waals surface area contributed by atoms with Crippen LogP contribution in [0.15, 0.2) is 15.9 Å². The van der Waals surface area contributed by atoms with Gasteiger partial charge in [-0.3, -0.25) is 4.79 Å². The van der Waals surface area contributed by atoms with Gasteiger partial charge in [0.05, 0.1) is 12.6 Å². The molecule has 1 aromatic rings. The first-order valence-corrected chi connectivity index (χ1v) is 8.13. The van der Waals surface area contributed by atoms with Crippen LogP contribution in [0, 0.1) is 0 Å². The van der Waals surface area contributed by atoms with Crippen LogP contribution in [-0.2, 0) is 11.3 Å². The molecule has 5 heteroatoms. The van der Waals surface area contributed by atoms with Crippen molar-refractivity contribution in [2.45, 2.75) is 38.8 Å². The molecule has 2 rings (SSSR count). The molecule has 1 aliphatic rings. The van der Waals surface area contributed by atoms with E-state index in [4.69, 9.17) is 0 Å². The Labute approximate surface area is 121 Å². The van der Waals surface area contributed by atoms with Crippen LogP contribution >= 0.6 is 27.3 Å². The van der Waals surface area contributed by atoms with Crippen molar-refractivity contribution in [3.05, 3.63) is 20.8 Å². The Kier molecular flexibility index (Phi) is 5.21. The molecular formula is C13H19BrN2OS. The highest BCUT2D eigenvalue weighted by Gasteiger charge is 2.28. The lowest BCUT2D eigenvalue weighted by Crippen LogP contribution is -2.50. The van der Waals surface area contributed by atoms with Gasteiger partial charge in [-0.05, 0) is 47.8 Å². The summed E-state index contributed by atoms with van der Waals surface area (Å²) in [6, 6.07) is 2.13. The molecule has 3 nitrogen and oxygen atoms in total. The standard InChI is InChI=1S/C13H19BrN2OS/c1-2-5-15-12-4-3-6-16(13(12)17)8-11-7-10(14)9-18-11/h7,9,12,15H,2-6,8H2,1H3. The quantitative estimate of drug-likeness (QED) is 0.900. The number of nitrogens with zero attached hydrogens (tertiary/aromatic N) is 1. The van der Waals surface area contributed by atoms with Crippen LogP contribution in [0.4, 0.5) is 0 Å². The fourth-order valence-corrected chi connectivity index (χ4v) is 3.70. The summed E-state index contributed by atoms with van der Waals surface area (Å²) in [7, 11) is 0. The molecule has 0 aromatic carbocycles. The van der Waals surface area contributed by atoms with E-state index in [1.807, 2.05) is 4.90 Å². The number of nitrogens with one attached hydrogen (secondary N) is 1. The molecule has 1 fully saturated rings. The second kappa shape index (κ2) is 6.68. The highest BCUT2D eigenvalue weighted by atomic mass is 79.9. The largest absolute Gasteiger partial charge is 0.336 e. The van der Waals surface area contributed by atoms with Crippen LogP contribution in [0.5, 0.6) is 0 Å². The Morgan fingerprint density at radius 1 is 1.61 bits per heavy atom. The third-order valence-electron chi connectivity index (χ3n) is 3.14. The number of amides is 1. The first-order chi connectivity index (χ1) is 8.70. The van der Waals surface area contributed by atoms with Crippen molar-refractivity contribution in [3.8, 4) is 0 Å². The molecule has 2 heterocycles. The summed E-state index contributed by atoms with van der Waals surface area (Å²) in [5.41, 5.74) is 0. The summed E-state index contributed by atoms with van der Waals surface area (Å²) in [5, 5.41) is 5.41. The Morgan fingerprint density at radius 2 is 2.44 bits per heavy atom. The van der Waals surface area contributed by atoms with E-state index in [1.165, 1.54) is 4.88 Å². The van der Waals surface area contributed by atoms with Crippen LogP contribution in [0.1, 0.15) is 31.1 Å². The first-order valence-electron chi connectivity index (χ1n) is 6.45. The van der Waals surface area contributed by atoms with Crippen molar-refractivity contribution in [2.24, 2.45) is 0 Å². The summed E-state index contributed by atoms with van der Waals surface area (Å²) >= 11 is 5.16. The van der Waals surface area contributed by atoms with Crippen LogP contribution < -0.4 is 5.32 Å². The molecule has 1 aromatic heterocycles. The number of likely N-dealkylation sites (tertiary alicyclic amines) is 1. The van der Waals surface area contributed by atoms with E-state index in [0.29, 0.717) is 0 Å². The van der Waals surface area contributed by atoms with E-state index in [0.717, 1.165) is 43.4 Å². The van der Waals surface area contributed by atoms with E-state index < -0.39 is 0 Å². The molecule has 0 spiro atoms. The molecule has 0 radical (unpaired) electrons. The fourth-order valence-electron chi connectivity index (χ4n) is 2.23. The number of carbonyl (C=O) groups is 1. The van der Waals surface area contributed by atoms with E-state index in [1.54, 1.807) is 11.3 Å². The fraction of sp³-hybridized carbons (Fsp3) is 0.615. The van der Waals surface area contributed by atoms with Crippen LogP contribution in [0.2, 0.25) is 0 Å². The van der Waals surface area contributed by atoms with Crippen molar-refractivity contribution >= 4 is 33.2 Å². The number of hydrogen-bond donors (Lipinski definition) is 1. The van der Waals surface area contributed by atoms with Crippen molar-refractivity contribution < 1.29 is 4.79 Å². The smallest absolute Gasteiger partial charge is 0.240 e. The molecular weight excluding hydrogens is 312 g/mol. The molecule has 18 heavy (non-hydrogen) atoms. The third-order valence-corrected chi connectivity index (χ3v) is 4.82. The van der Waals surface area contributed by atoms with Gasteiger partial charge >= 0.3 is 0 Å². The van der Waals surface area contributed by atoms with Crippen molar-refractivity contribution in [2.75, 3.05) is 13.1 Å². The Hall–Kier alpha value is -0.390. The van der Waals surface area contributed by atoms with Gasteiger partial charge in [-0.15, -0.1) is 11.3 Å². The molecule has 1 unspecified atom stereocenters. The third kappa shape index (κ3) is 3.56. The summed E-state index contributed by atoms with van der Waals surface area (Å²) < 4.78 is 1.10. The topological polar surface area (TPSA) is 32.3 Å². The number of hydrogen-bond acceptors (Lipinski definition) is 3. The second-order valence-corrected chi connectivity index (χ2v) is 6.55. The van der Waals surface area contributed by atoms with Gasteiger partial charge in [-0.1, -0.05) is 6.92 Å². The SMILES string of the molecule is CCCNC1CCCN(Cc2cc(Br)cs2)C1=O. The van der Waals surface area contributed by atoms with Crippen molar-refractivity contribution in [1.29, 1.82) is 0 Å². The Morgan fingerprint density at radius 3 is 3.11 bits per heavy atom. The maximum Gasteiger partial charge on any atom is 0.240 e. The van der Waals surface area contributed by atoms with E-state index >= 15 is 0 Å². The van der Waals surface area contributed by atoms with Gasteiger partial charge in [-0.25, -0.2) is 0 Å². The van der Waals surface area contributed by atoms with Gasteiger partial charge in [0.15, 0.2) is 0 Å². The average Bonchev–Trinajstić information content (AvgIpc) is 2.76. The first kappa shape index (κ1) is 14.0. The van der Waals surface area contributed by atoms with Crippen molar-refractivity contribution in [3.63, 3.8) is 0 Å². The number of rotatable bonds is 5. The lowest BCUT2D eigenvalue weighted by atomic mass is 10.0.